The van der Waals surface area contributed by atoms with Crippen molar-refractivity contribution in [3.8, 4) is 0 Å². The van der Waals surface area contributed by atoms with E-state index in [9.17, 15) is 20.4 Å². The number of aliphatic hydroxyl groups is 5. The molecule has 2 fully saturated rings. The van der Waals surface area contributed by atoms with E-state index in [2.05, 4.69) is 0 Å². The summed E-state index contributed by atoms with van der Waals surface area (Å²) in [6, 6.07) is 0. The van der Waals surface area contributed by atoms with Crippen LogP contribution in [0.1, 0.15) is 32.1 Å². The SMILES string of the molecule is OC[C@@H](O)[C@@H]1O[C@H](OC2CCCCC2)[C@@H](O)[C@H](O)[C@@H]1O. The van der Waals surface area contributed by atoms with Crippen molar-refractivity contribution in [3.63, 3.8) is 0 Å². The standard InChI is InChI=1S/C13H24O7/c14-6-8(15)12-10(17)9(16)11(18)13(20-12)19-7-4-2-1-3-5-7/h7-18H,1-6H2/t8-,9-,10+,11+,12+,13+/m1/s1. The lowest BCUT2D eigenvalue weighted by molar-refractivity contribution is -0.322. The number of hydrogen-bond acceptors (Lipinski definition) is 7. The van der Waals surface area contributed by atoms with Crippen LogP contribution >= 0.6 is 0 Å². The van der Waals surface area contributed by atoms with E-state index in [1.54, 1.807) is 0 Å². The Morgan fingerprint density at radius 2 is 1.65 bits per heavy atom. The second kappa shape index (κ2) is 7.13. The molecule has 1 aliphatic carbocycles. The van der Waals surface area contributed by atoms with Gasteiger partial charge in [-0.25, -0.2) is 0 Å². The van der Waals surface area contributed by atoms with Crippen molar-refractivity contribution in [2.24, 2.45) is 0 Å². The van der Waals surface area contributed by atoms with Crippen LogP contribution in [0, 0.1) is 0 Å². The van der Waals surface area contributed by atoms with Crippen LogP contribution in [0.2, 0.25) is 0 Å². The molecule has 2 aliphatic rings. The molecular weight excluding hydrogens is 268 g/mol. The second-order valence-electron chi connectivity index (χ2n) is 5.59. The molecule has 20 heavy (non-hydrogen) atoms. The van der Waals surface area contributed by atoms with Crippen molar-refractivity contribution < 1.29 is 35.0 Å². The largest absolute Gasteiger partial charge is 0.394 e. The van der Waals surface area contributed by atoms with Crippen LogP contribution in [0.3, 0.4) is 0 Å². The maximum Gasteiger partial charge on any atom is 0.186 e. The number of rotatable bonds is 4. The Bertz CT molecular complexity index is 294. The topological polar surface area (TPSA) is 120 Å². The Labute approximate surface area is 117 Å². The monoisotopic (exact) mass is 292 g/mol. The molecule has 0 bridgehead atoms. The zero-order chi connectivity index (χ0) is 14.7. The first-order valence-electron chi connectivity index (χ1n) is 7.18. The molecule has 0 spiro atoms. The van der Waals surface area contributed by atoms with Gasteiger partial charge in [-0.3, -0.25) is 0 Å². The molecule has 0 aromatic rings. The average Bonchev–Trinajstić information content (AvgIpc) is 2.48. The summed E-state index contributed by atoms with van der Waals surface area (Å²) in [5, 5.41) is 48.0. The van der Waals surface area contributed by atoms with E-state index in [1.807, 2.05) is 0 Å². The van der Waals surface area contributed by atoms with E-state index in [1.165, 1.54) is 0 Å². The molecule has 7 nitrogen and oxygen atoms in total. The highest BCUT2D eigenvalue weighted by Crippen LogP contribution is 2.28. The fourth-order valence-electron chi connectivity index (χ4n) is 2.80. The summed E-state index contributed by atoms with van der Waals surface area (Å²) >= 11 is 0. The van der Waals surface area contributed by atoms with Crippen LogP contribution in [0.15, 0.2) is 0 Å². The van der Waals surface area contributed by atoms with Crippen LogP contribution in [0.5, 0.6) is 0 Å². The van der Waals surface area contributed by atoms with Gasteiger partial charge in [-0.2, -0.15) is 0 Å². The summed E-state index contributed by atoms with van der Waals surface area (Å²) in [7, 11) is 0. The quantitative estimate of drug-likeness (QED) is 0.427. The Morgan fingerprint density at radius 3 is 2.25 bits per heavy atom. The van der Waals surface area contributed by atoms with Gasteiger partial charge in [-0.1, -0.05) is 19.3 Å². The predicted molar refractivity (Wildman–Crippen MR) is 67.7 cm³/mol. The molecule has 1 saturated heterocycles. The molecule has 1 heterocycles. The summed E-state index contributed by atoms with van der Waals surface area (Å²) in [6.07, 6.45) is -3.08. The van der Waals surface area contributed by atoms with E-state index < -0.39 is 43.4 Å². The van der Waals surface area contributed by atoms with Crippen LogP contribution < -0.4 is 0 Å². The van der Waals surface area contributed by atoms with E-state index >= 15 is 0 Å². The van der Waals surface area contributed by atoms with Gasteiger partial charge in [0, 0.05) is 0 Å². The summed E-state index contributed by atoms with van der Waals surface area (Å²) in [5.74, 6) is 0. The van der Waals surface area contributed by atoms with E-state index in [0.29, 0.717) is 0 Å². The predicted octanol–water partition coefficient (Wildman–Crippen LogP) is -1.50. The van der Waals surface area contributed by atoms with Gasteiger partial charge in [0.2, 0.25) is 0 Å². The van der Waals surface area contributed by atoms with Crippen LogP contribution in [0.4, 0.5) is 0 Å². The zero-order valence-electron chi connectivity index (χ0n) is 11.3. The van der Waals surface area contributed by atoms with Crippen molar-refractivity contribution >= 4 is 0 Å². The van der Waals surface area contributed by atoms with Crippen molar-refractivity contribution in [1.29, 1.82) is 0 Å². The molecule has 0 unspecified atom stereocenters. The van der Waals surface area contributed by atoms with E-state index in [-0.39, 0.29) is 6.10 Å². The average molecular weight is 292 g/mol. The lowest BCUT2D eigenvalue weighted by atomic mass is 9.94. The summed E-state index contributed by atoms with van der Waals surface area (Å²) in [5.41, 5.74) is 0. The second-order valence-corrected chi connectivity index (χ2v) is 5.59. The van der Waals surface area contributed by atoms with E-state index in [0.717, 1.165) is 32.1 Å². The van der Waals surface area contributed by atoms with Crippen LogP contribution in [-0.4, -0.2) is 75.1 Å². The van der Waals surface area contributed by atoms with Gasteiger partial charge < -0.3 is 35.0 Å². The number of ether oxygens (including phenoxy) is 2. The number of hydrogen-bond donors (Lipinski definition) is 5. The molecule has 7 heteroatoms. The first-order valence-corrected chi connectivity index (χ1v) is 7.18. The molecule has 118 valence electrons. The molecule has 5 N–H and O–H groups in total. The van der Waals surface area contributed by atoms with Gasteiger partial charge in [0.05, 0.1) is 12.7 Å². The molecule has 0 aromatic carbocycles. The maximum absolute atomic E-state index is 9.91. The normalized spacial score (nSPS) is 41.5. The minimum Gasteiger partial charge on any atom is -0.394 e. The maximum atomic E-state index is 9.91. The Hall–Kier alpha value is -0.280. The van der Waals surface area contributed by atoms with Gasteiger partial charge in [0.25, 0.3) is 0 Å². The molecule has 1 saturated carbocycles. The van der Waals surface area contributed by atoms with Crippen molar-refractivity contribution in [2.75, 3.05) is 6.61 Å². The molecule has 0 radical (unpaired) electrons. The third-order valence-electron chi connectivity index (χ3n) is 4.05. The fraction of sp³-hybridized carbons (Fsp3) is 1.00. The number of aliphatic hydroxyl groups excluding tert-OH is 5. The van der Waals surface area contributed by atoms with Crippen molar-refractivity contribution in [3.05, 3.63) is 0 Å². The Kier molecular flexibility index (Phi) is 5.74. The smallest absolute Gasteiger partial charge is 0.186 e. The Morgan fingerprint density at radius 1 is 1.00 bits per heavy atom. The highest BCUT2D eigenvalue weighted by molar-refractivity contribution is 4.92. The summed E-state index contributed by atoms with van der Waals surface area (Å²) < 4.78 is 11.0. The summed E-state index contributed by atoms with van der Waals surface area (Å²) in [4.78, 5) is 0. The molecular formula is C13H24O7. The molecule has 1 aliphatic heterocycles. The van der Waals surface area contributed by atoms with Gasteiger partial charge >= 0.3 is 0 Å². The highest BCUT2D eigenvalue weighted by Gasteiger charge is 2.47. The third kappa shape index (κ3) is 3.48. The first kappa shape index (κ1) is 16.1. The third-order valence-corrected chi connectivity index (χ3v) is 4.05. The zero-order valence-corrected chi connectivity index (χ0v) is 11.3. The van der Waals surface area contributed by atoms with Gasteiger partial charge in [-0.15, -0.1) is 0 Å². The van der Waals surface area contributed by atoms with Gasteiger partial charge in [0.15, 0.2) is 6.29 Å². The molecule has 0 aromatic heterocycles. The van der Waals surface area contributed by atoms with Crippen molar-refractivity contribution in [2.45, 2.75) is 75.0 Å². The van der Waals surface area contributed by atoms with Gasteiger partial charge in [-0.05, 0) is 12.8 Å². The highest BCUT2D eigenvalue weighted by atomic mass is 16.7. The van der Waals surface area contributed by atoms with Crippen LogP contribution in [-0.2, 0) is 9.47 Å². The van der Waals surface area contributed by atoms with E-state index in [4.69, 9.17) is 14.6 Å². The molecule has 2 rings (SSSR count). The Balaban J connectivity index is 1.99. The molecule has 0 amide bonds. The minimum atomic E-state index is -1.48. The van der Waals surface area contributed by atoms with Crippen molar-refractivity contribution in [1.82, 2.24) is 0 Å². The minimum absolute atomic E-state index is 0.0576. The van der Waals surface area contributed by atoms with Crippen LogP contribution in [0.25, 0.3) is 0 Å². The lowest BCUT2D eigenvalue weighted by Crippen LogP contribution is -2.62. The lowest BCUT2D eigenvalue weighted by Gasteiger charge is -2.43. The first-order chi connectivity index (χ1) is 9.54. The molecule has 6 atom stereocenters. The fourth-order valence-corrected chi connectivity index (χ4v) is 2.80. The van der Waals surface area contributed by atoms with Gasteiger partial charge in [0.1, 0.15) is 30.5 Å². The summed E-state index contributed by atoms with van der Waals surface area (Å²) in [6.45, 7) is -0.610.